The Bertz CT molecular complexity index is 731. The molecule has 0 saturated carbocycles. The molecule has 2 heterocycles. The molecule has 0 fully saturated rings. The largest absolute Gasteiger partial charge is 0.496 e. The monoisotopic (exact) mass is 271 g/mol. The first-order valence-electron chi connectivity index (χ1n) is 5.70. The van der Waals surface area contributed by atoms with E-state index < -0.39 is 0 Å². The number of rotatable bonds is 2. The Morgan fingerprint density at radius 3 is 2.74 bits per heavy atom. The standard InChI is InChI=1S/C14H10ClN3O/c1-19-11-6-2-5-10-12(11)13(15)18-14(17-10)9-4-3-7-16-8-9/h2-8H,1H3. The molecule has 19 heavy (non-hydrogen) atoms. The van der Waals surface area contributed by atoms with Gasteiger partial charge in [-0.1, -0.05) is 17.7 Å². The van der Waals surface area contributed by atoms with E-state index in [1.54, 1.807) is 19.5 Å². The molecule has 0 atom stereocenters. The van der Waals surface area contributed by atoms with Gasteiger partial charge in [0, 0.05) is 18.0 Å². The summed E-state index contributed by atoms with van der Waals surface area (Å²) in [5.74, 6) is 1.22. The van der Waals surface area contributed by atoms with E-state index in [0.717, 1.165) is 16.5 Å². The average molecular weight is 272 g/mol. The molecule has 0 radical (unpaired) electrons. The Hall–Kier alpha value is -2.20. The molecule has 2 aromatic heterocycles. The van der Waals surface area contributed by atoms with Gasteiger partial charge in [0.1, 0.15) is 10.9 Å². The molecule has 4 nitrogen and oxygen atoms in total. The number of pyridine rings is 1. The van der Waals surface area contributed by atoms with Gasteiger partial charge >= 0.3 is 0 Å². The minimum absolute atomic E-state index is 0.376. The SMILES string of the molecule is COc1cccc2nc(-c3cccnc3)nc(Cl)c12. The van der Waals surface area contributed by atoms with Crippen LogP contribution in [0.15, 0.2) is 42.7 Å². The van der Waals surface area contributed by atoms with Crippen molar-refractivity contribution in [1.82, 2.24) is 15.0 Å². The topological polar surface area (TPSA) is 47.9 Å². The normalized spacial score (nSPS) is 10.6. The Morgan fingerprint density at radius 1 is 1.11 bits per heavy atom. The summed E-state index contributed by atoms with van der Waals surface area (Å²) in [4.78, 5) is 12.9. The highest BCUT2D eigenvalue weighted by atomic mass is 35.5. The second kappa shape index (κ2) is 4.82. The zero-order valence-corrected chi connectivity index (χ0v) is 10.9. The molecule has 0 aliphatic carbocycles. The van der Waals surface area contributed by atoms with Crippen LogP contribution in [0.3, 0.4) is 0 Å². The molecule has 3 rings (SSSR count). The summed E-state index contributed by atoms with van der Waals surface area (Å²) in [5.41, 5.74) is 1.58. The van der Waals surface area contributed by atoms with Crippen LogP contribution in [0.4, 0.5) is 0 Å². The first-order valence-corrected chi connectivity index (χ1v) is 6.08. The summed E-state index contributed by atoms with van der Waals surface area (Å²) in [6, 6.07) is 9.32. The molecule has 1 aromatic carbocycles. The van der Waals surface area contributed by atoms with Crippen LogP contribution in [0, 0.1) is 0 Å². The predicted molar refractivity (Wildman–Crippen MR) is 74.3 cm³/mol. The van der Waals surface area contributed by atoms with E-state index in [-0.39, 0.29) is 0 Å². The maximum Gasteiger partial charge on any atom is 0.163 e. The number of benzene rings is 1. The van der Waals surface area contributed by atoms with E-state index in [4.69, 9.17) is 16.3 Å². The van der Waals surface area contributed by atoms with Crippen molar-refractivity contribution in [1.29, 1.82) is 0 Å². The van der Waals surface area contributed by atoms with Gasteiger partial charge in [0.25, 0.3) is 0 Å². The van der Waals surface area contributed by atoms with Crippen molar-refractivity contribution in [2.24, 2.45) is 0 Å². The van der Waals surface area contributed by atoms with Crippen LogP contribution in [0.2, 0.25) is 5.15 Å². The fraction of sp³-hybridized carbons (Fsp3) is 0.0714. The fourth-order valence-electron chi connectivity index (χ4n) is 1.90. The second-order valence-corrected chi connectivity index (χ2v) is 4.29. The number of methoxy groups -OCH3 is 1. The third kappa shape index (κ3) is 2.11. The smallest absolute Gasteiger partial charge is 0.163 e. The van der Waals surface area contributed by atoms with Gasteiger partial charge in [-0.15, -0.1) is 0 Å². The summed E-state index contributed by atoms with van der Waals surface area (Å²) in [5, 5.41) is 1.10. The first kappa shape index (κ1) is 11.9. The van der Waals surface area contributed by atoms with Crippen LogP contribution in [0.5, 0.6) is 5.75 Å². The Balaban J connectivity index is 2.26. The van der Waals surface area contributed by atoms with E-state index in [1.807, 2.05) is 30.3 Å². The van der Waals surface area contributed by atoms with E-state index >= 15 is 0 Å². The molecule has 0 bridgehead atoms. The van der Waals surface area contributed by atoms with Gasteiger partial charge in [0.05, 0.1) is 18.0 Å². The van der Waals surface area contributed by atoms with Gasteiger partial charge in [-0.2, -0.15) is 0 Å². The summed E-state index contributed by atoms with van der Waals surface area (Å²) >= 11 is 6.24. The molecule has 0 saturated heterocycles. The number of aromatic nitrogens is 3. The lowest BCUT2D eigenvalue weighted by atomic mass is 10.2. The van der Waals surface area contributed by atoms with Gasteiger partial charge in [-0.05, 0) is 24.3 Å². The molecule has 94 valence electrons. The Kier molecular flexibility index (Phi) is 3.01. The van der Waals surface area contributed by atoms with Crippen molar-refractivity contribution in [3.05, 3.63) is 47.9 Å². The quantitative estimate of drug-likeness (QED) is 0.671. The van der Waals surface area contributed by atoms with Crippen LogP contribution < -0.4 is 4.74 Å². The Morgan fingerprint density at radius 2 is 2.00 bits per heavy atom. The van der Waals surface area contributed by atoms with Crippen LogP contribution in [0.25, 0.3) is 22.3 Å². The molecule has 0 amide bonds. The maximum absolute atomic E-state index is 6.24. The third-order valence-corrected chi connectivity index (χ3v) is 3.05. The zero-order chi connectivity index (χ0) is 13.2. The van der Waals surface area contributed by atoms with Gasteiger partial charge in [-0.25, -0.2) is 9.97 Å². The average Bonchev–Trinajstić information content (AvgIpc) is 2.47. The van der Waals surface area contributed by atoms with Crippen LogP contribution in [-0.4, -0.2) is 22.1 Å². The second-order valence-electron chi connectivity index (χ2n) is 3.93. The van der Waals surface area contributed by atoms with Crippen molar-refractivity contribution in [3.8, 4) is 17.1 Å². The molecule has 0 spiro atoms. The highest BCUT2D eigenvalue weighted by Gasteiger charge is 2.11. The number of hydrogen-bond acceptors (Lipinski definition) is 4. The van der Waals surface area contributed by atoms with Crippen molar-refractivity contribution < 1.29 is 4.74 Å². The summed E-state index contributed by atoms with van der Waals surface area (Å²) in [7, 11) is 1.60. The number of nitrogens with zero attached hydrogens (tertiary/aromatic N) is 3. The number of ether oxygens (including phenoxy) is 1. The highest BCUT2D eigenvalue weighted by Crippen LogP contribution is 2.31. The summed E-state index contributed by atoms with van der Waals surface area (Å²) in [6.07, 6.45) is 3.41. The highest BCUT2D eigenvalue weighted by molar-refractivity contribution is 6.34. The molecule has 0 unspecified atom stereocenters. The molecular weight excluding hydrogens is 262 g/mol. The Labute approximate surface area is 115 Å². The van der Waals surface area contributed by atoms with Gasteiger partial charge in [0.2, 0.25) is 0 Å². The lowest BCUT2D eigenvalue weighted by Crippen LogP contribution is -1.94. The minimum Gasteiger partial charge on any atom is -0.496 e. The first-order chi connectivity index (χ1) is 9.29. The molecule has 0 aliphatic heterocycles. The van der Waals surface area contributed by atoms with Crippen molar-refractivity contribution in [2.75, 3.05) is 7.11 Å². The zero-order valence-electron chi connectivity index (χ0n) is 10.2. The number of hydrogen-bond donors (Lipinski definition) is 0. The van der Waals surface area contributed by atoms with Crippen molar-refractivity contribution in [3.63, 3.8) is 0 Å². The van der Waals surface area contributed by atoms with E-state index in [0.29, 0.717) is 16.7 Å². The lowest BCUT2D eigenvalue weighted by molar-refractivity contribution is 0.419. The van der Waals surface area contributed by atoms with Crippen LogP contribution in [-0.2, 0) is 0 Å². The molecule has 5 heteroatoms. The van der Waals surface area contributed by atoms with E-state index in [1.165, 1.54) is 0 Å². The van der Waals surface area contributed by atoms with Crippen molar-refractivity contribution in [2.45, 2.75) is 0 Å². The van der Waals surface area contributed by atoms with Gasteiger partial charge in [0.15, 0.2) is 5.82 Å². The van der Waals surface area contributed by atoms with E-state index in [9.17, 15) is 0 Å². The van der Waals surface area contributed by atoms with E-state index in [2.05, 4.69) is 15.0 Å². The van der Waals surface area contributed by atoms with Crippen molar-refractivity contribution >= 4 is 22.5 Å². The lowest BCUT2D eigenvalue weighted by Gasteiger charge is -2.08. The van der Waals surface area contributed by atoms with Crippen LogP contribution in [0.1, 0.15) is 0 Å². The predicted octanol–water partition coefficient (Wildman–Crippen LogP) is 3.35. The fourth-order valence-corrected chi connectivity index (χ4v) is 2.17. The third-order valence-electron chi connectivity index (χ3n) is 2.78. The molecule has 0 aliphatic rings. The number of halogens is 1. The maximum atomic E-state index is 6.24. The minimum atomic E-state index is 0.376. The van der Waals surface area contributed by atoms with Gasteiger partial charge < -0.3 is 4.74 Å². The molecule has 0 N–H and O–H groups in total. The van der Waals surface area contributed by atoms with Crippen LogP contribution >= 0.6 is 11.6 Å². The molecular formula is C14H10ClN3O. The van der Waals surface area contributed by atoms with Gasteiger partial charge in [-0.3, -0.25) is 4.98 Å². The number of fused-ring (bicyclic) bond motifs is 1. The molecule has 3 aromatic rings. The summed E-state index contributed by atoms with van der Waals surface area (Å²) < 4.78 is 5.28. The summed E-state index contributed by atoms with van der Waals surface area (Å²) in [6.45, 7) is 0.